The number of nitrogens with one attached hydrogen (secondary N) is 2. The minimum absolute atomic E-state index is 0.0339. The Bertz CT molecular complexity index is 716. The Kier molecular flexibility index (Phi) is 6.42. The van der Waals surface area contributed by atoms with Crippen molar-refractivity contribution in [3.8, 4) is 10.6 Å². The van der Waals surface area contributed by atoms with Crippen molar-refractivity contribution in [3.05, 3.63) is 22.4 Å². The second-order valence-corrected chi connectivity index (χ2v) is 9.99. The van der Waals surface area contributed by atoms with Crippen LogP contribution in [0.4, 0.5) is 5.13 Å². The van der Waals surface area contributed by atoms with Gasteiger partial charge < -0.3 is 10.6 Å². The number of carbonyl (C=O) groups is 2. The molecule has 2 amide bonds. The van der Waals surface area contributed by atoms with Crippen molar-refractivity contribution in [1.82, 2.24) is 10.3 Å². The first-order valence-electron chi connectivity index (χ1n) is 7.46. The lowest BCUT2D eigenvalue weighted by Crippen LogP contribution is -2.18. The first-order chi connectivity index (χ1) is 11.2. The molecule has 5 nitrogen and oxygen atoms in total. The summed E-state index contributed by atoms with van der Waals surface area (Å²) in [7, 11) is 0. The molecule has 0 bridgehead atoms. The summed E-state index contributed by atoms with van der Waals surface area (Å²) in [6.45, 7) is 8.28. The summed E-state index contributed by atoms with van der Waals surface area (Å²) in [5, 5.41) is 8.17. The van der Waals surface area contributed by atoms with Gasteiger partial charge in [-0.15, -0.1) is 34.4 Å². The molecule has 0 saturated carbocycles. The van der Waals surface area contributed by atoms with E-state index in [1.807, 2.05) is 17.5 Å². The van der Waals surface area contributed by atoms with Crippen LogP contribution in [0.15, 0.2) is 17.5 Å². The van der Waals surface area contributed by atoms with E-state index in [0.717, 1.165) is 15.4 Å². The molecule has 0 aromatic carbocycles. The van der Waals surface area contributed by atoms with Crippen molar-refractivity contribution >= 4 is 51.4 Å². The number of anilines is 1. The summed E-state index contributed by atoms with van der Waals surface area (Å²) in [5.41, 5.74) is 0.845. The van der Waals surface area contributed by atoms with Crippen molar-refractivity contribution in [2.45, 2.75) is 39.0 Å². The molecule has 0 fully saturated rings. The molecule has 0 spiro atoms. The van der Waals surface area contributed by atoms with Crippen LogP contribution in [0, 0.1) is 0 Å². The Balaban J connectivity index is 1.93. The molecule has 0 saturated heterocycles. The van der Waals surface area contributed by atoms with Gasteiger partial charge in [-0.05, 0) is 12.1 Å². The Morgan fingerprint density at radius 1 is 1.29 bits per heavy atom. The number of amides is 2. The molecule has 8 heteroatoms. The number of hydrogen-bond acceptors (Lipinski definition) is 6. The summed E-state index contributed by atoms with van der Waals surface area (Å²) < 4.78 is 0.0622. The van der Waals surface area contributed by atoms with Gasteiger partial charge in [-0.25, -0.2) is 4.98 Å². The van der Waals surface area contributed by atoms with Crippen molar-refractivity contribution in [1.29, 1.82) is 0 Å². The molecule has 130 valence electrons. The molecule has 2 heterocycles. The lowest BCUT2D eigenvalue weighted by atomic mass is 10.3. The zero-order chi connectivity index (χ0) is 17.7. The van der Waals surface area contributed by atoms with E-state index in [1.165, 1.54) is 18.3 Å². The van der Waals surface area contributed by atoms with Crippen LogP contribution in [-0.2, 0) is 16.1 Å². The highest BCUT2D eigenvalue weighted by Crippen LogP contribution is 2.31. The van der Waals surface area contributed by atoms with Crippen LogP contribution in [0.1, 0.15) is 32.6 Å². The SMILES string of the molecule is CC(=O)NCc1ccc(-c2csc(NC(=O)CSC(C)(C)C)n2)s1. The molecule has 2 aromatic rings. The quantitative estimate of drug-likeness (QED) is 0.791. The second kappa shape index (κ2) is 8.13. The average molecular weight is 384 g/mol. The molecule has 0 aliphatic rings. The Morgan fingerprint density at radius 2 is 2.04 bits per heavy atom. The van der Waals surface area contributed by atoms with Crippen LogP contribution in [0.3, 0.4) is 0 Å². The van der Waals surface area contributed by atoms with E-state index in [4.69, 9.17) is 0 Å². The van der Waals surface area contributed by atoms with Gasteiger partial charge in [0.1, 0.15) is 0 Å². The maximum Gasteiger partial charge on any atom is 0.236 e. The molecule has 0 unspecified atom stereocenters. The highest BCUT2D eigenvalue weighted by atomic mass is 32.2. The zero-order valence-electron chi connectivity index (χ0n) is 14.1. The molecule has 0 radical (unpaired) electrons. The molecule has 2 N–H and O–H groups in total. The number of nitrogens with zero attached hydrogens (tertiary/aromatic N) is 1. The van der Waals surface area contributed by atoms with Gasteiger partial charge in [-0.3, -0.25) is 9.59 Å². The van der Waals surface area contributed by atoms with Crippen molar-refractivity contribution in [2.75, 3.05) is 11.1 Å². The summed E-state index contributed by atoms with van der Waals surface area (Å²) in [6.07, 6.45) is 0. The zero-order valence-corrected chi connectivity index (χ0v) is 16.6. The monoisotopic (exact) mass is 383 g/mol. The summed E-state index contributed by atoms with van der Waals surface area (Å²) >= 11 is 4.61. The number of aromatic nitrogens is 1. The molecule has 2 rings (SSSR count). The Labute approximate surface area is 154 Å². The van der Waals surface area contributed by atoms with Crippen molar-refractivity contribution in [3.63, 3.8) is 0 Å². The van der Waals surface area contributed by atoms with Gasteiger partial charge in [0.05, 0.1) is 22.9 Å². The molecule has 24 heavy (non-hydrogen) atoms. The summed E-state index contributed by atoms with van der Waals surface area (Å²) in [4.78, 5) is 29.5. The molecule has 2 aromatic heterocycles. The Hall–Kier alpha value is -1.38. The van der Waals surface area contributed by atoms with Gasteiger partial charge in [-0.2, -0.15) is 0 Å². The lowest BCUT2D eigenvalue weighted by molar-refractivity contribution is -0.119. The number of thiazole rings is 1. The van der Waals surface area contributed by atoms with Gasteiger partial charge in [0.25, 0.3) is 0 Å². The predicted octanol–water partition coefficient (Wildman–Crippen LogP) is 3.98. The van der Waals surface area contributed by atoms with E-state index in [1.54, 1.807) is 23.1 Å². The largest absolute Gasteiger partial charge is 0.351 e. The maximum atomic E-state index is 12.0. The highest BCUT2D eigenvalue weighted by molar-refractivity contribution is 8.01. The van der Waals surface area contributed by atoms with E-state index >= 15 is 0 Å². The molecular formula is C16H21N3O2S3. The Morgan fingerprint density at radius 3 is 2.71 bits per heavy atom. The lowest BCUT2D eigenvalue weighted by Gasteiger charge is -2.16. The van der Waals surface area contributed by atoms with Crippen LogP contribution in [0.2, 0.25) is 0 Å². The number of thioether (sulfide) groups is 1. The minimum Gasteiger partial charge on any atom is -0.351 e. The summed E-state index contributed by atoms with van der Waals surface area (Å²) in [6, 6.07) is 3.96. The predicted molar refractivity (Wildman–Crippen MR) is 104 cm³/mol. The third kappa shape index (κ3) is 6.26. The van der Waals surface area contributed by atoms with Gasteiger partial charge in [-0.1, -0.05) is 20.8 Å². The molecule has 0 aliphatic carbocycles. The second-order valence-electron chi connectivity index (χ2n) is 6.16. The van der Waals surface area contributed by atoms with Crippen LogP contribution in [0.25, 0.3) is 10.6 Å². The highest BCUT2D eigenvalue weighted by Gasteiger charge is 2.15. The van der Waals surface area contributed by atoms with E-state index in [0.29, 0.717) is 17.4 Å². The van der Waals surface area contributed by atoms with Crippen LogP contribution in [-0.4, -0.2) is 27.3 Å². The number of thiophene rings is 1. The van der Waals surface area contributed by atoms with Gasteiger partial charge in [0.2, 0.25) is 11.8 Å². The van der Waals surface area contributed by atoms with E-state index in [-0.39, 0.29) is 16.6 Å². The fraction of sp³-hybridized carbons (Fsp3) is 0.438. The first-order valence-corrected chi connectivity index (χ1v) is 10.1. The fourth-order valence-electron chi connectivity index (χ4n) is 1.70. The first kappa shape index (κ1) is 19.0. The number of rotatable bonds is 6. The van der Waals surface area contributed by atoms with Crippen LogP contribution in [0.5, 0.6) is 0 Å². The fourth-order valence-corrected chi connectivity index (χ4v) is 4.05. The summed E-state index contributed by atoms with van der Waals surface area (Å²) in [5.74, 6) is 0.336. The van der Waals surface area contributed by atoms with Crippen LogP contribution < -0.4 is 10.6 Å². The molecule has 0 aliphatic heterocycles. The maximum absolute atomic E-state index is 12.0. The van der Waals surface area contributed by atoms with Gasteiger partial charge in [0, 0.05) is 21.9 Å². The third-order valence-corrected chi connectivity index (χ3v) is 5.95. The normalized spacial score (nSPS) is 11.3. The number of hydrogen-bond donors (Lipinski definition) is 2. The molecular weight excluding hydrogens is 362 g/mol. The third-order valence-electron chi connectivity index (χ3n) is 2.81. The number of carbonyl (C=O) groups excluding carboxylic acids is 2. The van der Waals surface area contributed by atoms with E-state index in [9.17, 15) is 9.59 Å². The topological polar surface area (TPSA) is 71.1 Å². The van der Waals surface area contributed by atoms with E-state index in [2.05, 4.69) is 36.4 Å². The smallest absolute Gasteiger partial charge is 0.236 e. The van der Waals surface area contributed by atoms with Crippen molar-refractivity contribution in [2.24, 2.45) is 0 Å². The minimum atomic E-state index is -0.0447. The van der Waals surface area contributed by atoms with Gasteiger partial charge in [0.15, 0.2) is 5.13 Å². The van der Waals surface area contributed by atoms with E-state index < -0.39 is 0 Å². The standard InChI is InChI=1S/C16H21N3O2S3/c1-10(20)17-7-11-5-6-13(24-11)12-8-22-15(18-12)19-14(21)9-23-16(2,3)4/h5-6,8H,7,9H2,1-4H3,(H,17,20)(H,18,19,21). The van der Waals surface area contributed by atoms with Gasteiger partial charge >= 0.3 is 0 Å². The van der Waals surface area contributed by atoms with Crippen LogP contribution >= 0.6 is 34.4 Å². The molecule has 0 atom stereocenters. The average Bonchev–Trinajstić information content (AvgIpc) is 3.11. The van der Waals surface area contributed by atoms with Crippen molar-refractivity contribution < 1.29 is 9.59 Å².